The van der Waals surface area contributed by atoms with Crippen LogP contribution >= 0.6 is 0 Å². The highest BCUT2D eigenvalue weighted by Crippen LogP contribution is 2.44. The van der Waals surface area contributed by atoms with Crippen LogP contribution in [0.5, 0.6) is 0 Å². The van der Waals surface area contributed by atoms with Crippen LogP contribution in [0.4, 0.5) is 22.7 Å². The fourth-order valence-electron chi connectivity index (χ4n) is 10.6. The third-order valence-electron chi connectivity index (χ3n) is 14.2. The van der Waals surface area contributed by atoms with Gasteiger partial charge in [-0.05, 0) is 129 Å². The second kappa shape index (κ2) is 19.4. The van der Waals surface area contributed by atoms with Crippen molar-refractivity contribution in [3.8, 4) is 97.5 Å². The van der Waals surface area contributed by atoms with Crippen LogP contribution in [-0.2, 0) is 0 Å². The predicted octanol–water partition coefficient (Wildman–Crippen LogP) is 17.2. The van der Waals surface area contributed by atoms with Gasteiger partial charge in [0.15, 0.2) is 22.7 Å². The molecule has 0 unspecified atom stereocenters. The number of fused-ring (bicyclic) bond motifs is 6. The van der Waals surface area contributed by atoms with Gasteiger partial charge in [-0.3, -0.25) is 4.57 Å². The van der Waals surface area contributed by atoms with Crippen molar-refractivity contribution in [1.29, 1.82) is 26.3 Å². The van der Waals surface area contributed by atoms with Crippen LogP contribution < -0.4 is 0 Å². The summed E-state index contributed by atoms with van der Waals surface area (Å²) >= 11 is 0. The molecule has 0 fully saturated rings. The van der Waals surface area contributed by atoms with E-state index in [0.29, 0.717) is 89.9 Å². The molecule has 0 bridgehead atoms. The second-order valence-corrected chi connectivity index (χ2v) is 18.8. The lowest BCUT2D eigenvalue weighted by Gasteiger charge is -2.17. The zero-order chi connectivity index (χ0) is 55.2. The van der Waals surface area contributed by atoms with Crippen molar-refractivity contribution < 1.29 is 0 Å². The summed E-state index contributed by atoms with van der Waals surface area (Å²) in [5, 5.41) is 53.5. The molecule has 0 aliphatic heterocycles. The molecule has 0 aliphatic carbocycles. The highest BCUT2D eigenvalue weighted by atomic mass is 15.1. The van der Waals surface area contributed by atoms with Gasteiger partial charge in [-0.2, -0.15) is 26.3 Å². The van der Waals surface area contributed by atoms with Gasteiger partial charge in [-0.1, -0.05) is 97.1 Å². The maximum atomic E-state index is 10.0. The molecule has 0 saturated carbocycles. The summed E-state index contributed by atoms with van der Waals surface area (Å²) < 4.78 is 4.17. The summed E-state index contributed by atoms with van der Waals surface area (Å²) in [5.41, 5.74) is 14.0. The first-order valence-corrected chi connectivity index (χ1v) is 24.5. The third-order valence-corrected chi connectivity index (χ3v) is 14.2. The summed E-state index contributed by atoms with van der Waals surface area (Å²) in [7, 11) is 0. The largest absolute Gasteiger partial charge is 0.307 e. The Morgan fingerprint density at radius 3 is 0.975 bits per heavy atom. The number of hydrogen-bond donors (Lipinski definition) is 0. The van der Waals surface area contributed by atoms with Crippen molar-refractivity contribution in [3.05, 3.63) is 256 Å². The van der Waals surface area contributed by atoms with Gasteiger partial charge in [0.05, 0.1) is 118 Å². The van der Waals surface area contributed by atoms with Gasteiger partial charge in [0.2, 0.25) is 0 Å². The minimum atomic E-state index is 0.329. The molecule has 80 heavy (non-hydrogen) atoms. The Morgan fingerprint density at radius 2 is 0.637 bits per heavy atom. The topological polar surface area (TPSA) is 159 Å². The number of aromatic nitrogens is 3. The summed E-state index contributed by atoms with van der Waals surface area (Å²) in [6.07, 6.45) is 1.81. The van der Waals surface area contributed by atoms with Crippen LogP contribution in [0.1, 0.15) is 27.8 Å². The second-order valence-electron chi connectivity index (χ2n) is 18.8. The monoisotopic (exact) mass is 1010 g/mol. The van der Waals surface area contributed by atoms with E-state index in [1.165, 1.54) is 0 Å². The fourth-order valence-corrected chi connectivity index (χ4v) is 10.6. The van der Waals surface area contributed by atoms with Crippen LogP contribution in [0.2, 0.25) is 0 Å². The lowest BCUT2D eigenvalue weighted by atomic mass is 9.99. The van der Waals surface area contributed by atoms with Gasteiger partial charge in [0, 0.05) is 27.1 Å². The molecular weight excluding hydrogens is 985 g/mol. The Labute approximate surface area is 457 Å². The molecule has 12 heteroatoms. The summed E-state index contributed by atoms with van der Waals surface area (Å²) in [5.74, 6) is 0.504. The molecule has 0 radical (unpaired) electrons. The minimum Gasteiger partial charge on any atom is -0.307 e. The Kier molecular flexibility index (Phi) is 11.7. The molecule has 0 N–H and O–H groups in total. The molecule has 12 aromatic rings. The van der Waals surface area contributed by atoms with E-state index in [1.54, 1.807) is 84.9 Å². The van der Waals surface area contributed by atoms with E-state index >= 15 is 0 Å². The molecule has 0 spiro atoms. The van der Waals surface area contributed by atoms with E-state index in [9.17, 15) is 26.3 Å². The molecule has 0 saturated heterocycles. The highest BCUT2D eigenvalue weighted by Gasteiger charge is 2.23. The normalized spacial score (nSPS) is 10.6. The standard InChI is InChI=1S/C68H30N12/c1-74-54-23-52(24-55(31-54)75-2)48-11-14-59-58-13-9-46(50-19-41(35-70)17-42(20-50)36-71)27-63(58)79(64(59)28-48)67-39-78-68(33-62(67)45-7-5-40(34-69)6-8-45)80-65-29-47(51-21-43(37-72)18-44(22-51)38-73)10-15-60(65)61-16-12-49(30-66(61)80)53-25-56(76-3)32-57(26-53)77-4/h5-33,39H. The molecule has 12 nitrogen and oxygen atoms in total. The summed E-state index contributed by atoms with van der Waals surface area (Å²) in [6.45, 7) is 31.3. The van der Waals surface area contributed by atoms with Gasteiger partial charge < -0.3 is 4.57 Å². The van der Waals surface area contributed by atoms with Crippen molar-refractivity contribution >= 4 is 66.4 Å². The van der Waals surface area contributed by atoms with Gasteiger partial charge in [0.25, 0.3) is 0 Å². The first kappa shape index (κ1) is 48.1. The van der Waals surface area contributed by atoms with E-state index in [2.05, 4.69) is 58.9 Å². The van der Waals surface area contributed by atoms with Crippen molar-refractivity contribution in [1.82, 2.24) is 14.1 Å². The van der Waals surface area contributed by atoms with E-state index < -0.39 is 0 Å². The van der Waals surface area contributed by atoms with Gasteiger partial charge in [-0.25, -0.2) is 24.4 Å². The van der Waals surface area contributed by atoms with Crippen LogP contribution in [0.15, 0.2) is 182 Å². The SMILES string of the molecule is [C-]#[N+]c1cc([N+]#[C-])cc(-c2ccc3c4ccc(-c5cc(C#N)cc(C#N)c5)cc4n(-c4cc(-c5ccc(C#N)cc5)c(-n5c6cc(-c7cc(C#N)cc(C#N)c7)ccc6c6ccc(-c7cc([N+]#[C-])cc([N+]#[C-])c7)cc65)cn4)c3c2)c1. The van der Waals surface area contributed by atoms with Gasteiger partial charge in [-0.15, -0.1) is 0 Å². The highest BCUT2D eigenvalue weighted by molar-refractivity contribution is 6.13. The van der Waals surface area contributed by atoms with E-state index in [1.807, 2.05) is 97.2 Å². The Balaban J connectivity index is 1.18. The fraction of sp³-hybridized carbons (Fsp3) is 0. The minimum absolute atomic E-state index is 0.329. The molecule has 0 amide bonds. The zero-order valence-corrected chi connectivity index (χ0v) is 41.7. The van der Waals surface area contributed by atoms with E-state index in [-0.39, 0.29) is 0 Å². The van der Waals surface area contributed by atoms with E-state index in [4.69, 9.17) is 31.3 Å². The summed E-state index contributed by atoms with van der Waals surface area (Å²) in [6, 6.07) is 64.6. The van der Waals surface area contributed by atoms with E-state index in [0.717, 1.165) is 71.4 Å². The van der Waals surface area contributed by atoms with Crippen LogP contribution in [-0.4, -0.2) is 14.1 Å². The number of nitriles is 5. The molecule has 0 atom stereocenters. The molecule has 12 rings (SSSR count). The van der Waals surface area contributed by atoms with Crippen LogP contribution in [0, 0.1) is 82.9 Å². The average Bonchev–Trinajstić information content (AvgIpc) is 4.24. The quantitative estimate of drug-likeness (QED) is 0.145. The third kappa shape index (κ3) is 8.26. The maximum Gasteiger partial charge on any atom is 0.177 e. The number of hydrogen-bond acceptors (Lipinski definition) is 6. The smallest absolute Gasteiger partial charge is 0.177 e. The number of nitrogens with zero attached hydrogens (tertiary/aromatic N) is 12. The van der Waals surface area contributed by atoms with Crippen molar-refractivity contribution in [2.45, 2.75) is 0 Å². The van der Waals surface area contributed by atoms with Gasteiger partial charge >= 0.3 is 0 Å². The Bertz CT molecular complexity index is 4730. The Morgan fingerprint density at radius 1 is 0.312 bits per heavy atom. The number of rotatable bonds is 7. The predicted molar refractivity (Wildman–Crippen MR) is 309 cm³/mol. The van der Waals surface area contributed by atoms with Crippen molar-refractivity contribution in [3.63, 3.8) is 0 Å². The van der Waals surface area contributed by atoms with Gasteiger partial charge in [0.1, 0.15) is 5.82 Å². The molecule has 3 aromatic heterocycles. The van der Waals surface area contributed by atoms with Crippen molar-refractivity contribution in [2.24, 2.45) is 0 Å². The zero-order valence-electron chi connectivity index (χ0n) is 41.7. The molecule has 0 aliphatic rings. The number of benzene rings is 9. The summed E-state index contributed by atoms with van der Waals surface area (Å²) in [4.78, 5) is 20.0. The lowest BCUT2D eigenvalue weighted by Crippen LogP contribution is -2.04. The lowest BCUT2D eigenvalue weighted by molar-refractivity contribution is 1.06. The molecule has 3 heterocycles. The van der Waals surface area contributed by atoms with Crippen molar-refractivity contribution in [2.75, 3.05) is 0 Å². The maximum absolute atomic E-state index is 10.0. The van der Waals surface area contributed by atoms with Crippen LogP contribution in [0.3, 0.4) is 0 Å². The molecule has 9 aromatic carbocycles. The first-order valence-electron chi connectivity index (χ1n) is 24.5. The Hall–Kier alpha value is -12.9. The average molecular weight is 1020 g/mol. The number of pyridine rings is 1. The first-order chi connectivity index (χ1) is 39.1. The molecule has 362 valence electrons. The molecular formula is C68H30N12. The van der Waals surface area contributed by atoms with Crippen LogP contribution in [0.25, 0.3) is 130 Å².